The van der Waals surface area contributed by atoms with Crippen LogP contribution >= 0.6 is 11.3 Å². The molecule has 0 spiro atoms. The molecule has 1 aliphatic heterocycles. The SMILES string of the molecule is COCC#Cc1cc2ncn(-c3ccc(N4CC[C@@H](N(C)CCS(C)(=O)=O)C4)cc3)c(=O)c2s1. The Kier molecular flexibility index (Phi) is 7.38. The summed E-state index contributed by atoms with van der Waals surface area (Å²) in [6.45, 7) is 2.63. The van der Waals surface area contributed by atoms with Crippen LogP contribution in [0.1, 0.15) is 11.3 Å². The van der Waals surface area contributed by atoms with Crippen molar-refractivity contribution >= 4 is 37.1 Å². The fourth-order valence-corrected chi connectivity index (χ4v) is 5.54. The molecule has 0 aliphatic carbocycles. The van der Waals surface area contributed by atoms with Crippen molar-refractivity contribution in [1.29, 1.82) is 0 Å². The van der Waals surface area contributed by atoms with Crippen molar-refractivity contribution in [2.75, 3.05) is 57.3 Å². The molecule has 3 aromatic rings. The summed E-state index contributed by atoms with van der Waals surface area (Å²) >= 11 is 1.34. The van der Waals surface area contributed by atoms with Crippen molar-refractivity contribution in [3.8, 4) is 17.5 Å². The minimum atomic E-state index is -2.97. The third kappa shape index (κ3) is 5.67. The maximum atomic E-state index is 13.1. The van der Waals surface area contributed by atoms with E-state index in [1.807, 2.05) is 37.4 Å². The number of benzene rings is 1. The Hall–Kier alpha value is -2.71. The molecule has 1 fully saturated rings. The molecule has 1 aliphatic rings. The summed E-state index contributed by atoms with van der Waals surface area (Å²) in [6, 6.07) is 10.0. The summed E-state index contributed by atoms with van der Waals surface area (Å²) in [4.78, 5) is 22.7. The number of sulfone groups is 1. The number of methoxy groups -OCH3 is 1. The molecule has 4 rings (SSSR count). The van der Waals surface area contributed by atoms with Crippen LogP contribution in [0.5, 0.6) is 0 Å². The van der Waals surface area contributed by atoms with Gasteiger partial charge in [-0.15, -0.1) is 11.3 Å². The normalized spacial score (nSPS) is 16.2. The van der Waals surface area contributed by atoms with Gasteiger partial charge in [-0.1, -0.05) is 11.8 Å². The van der Waals surface area contributed by atoms with Crippen LogP contribution in [0.15, 0.2) is 41.5 Å². The lowest BCUT2D eigenvalue weighted by Crippen LogP contribution is -2.37. The van der Waals surface area contributed by atoms with Gasteiger partial charge in [-0.25, -0.2) is 13.4 Å². The molecule has 0 unspecified atom stereocenters. The Labute approximate surface area is 203 Å². The predicted octanol–water partition coefficient (Wildman–Crippen LogP) is 2.00. The lowest BCUT2D eigenvalue weighted by atomic mass is 10.2. The number of fused-ring (bicyclic) bond motifs is 1. The first-order valence-electron chi connectivity index (χ1n) is 11.0. The van der Waals surface area contributed by atoms with E-state index in [1.54, 1.807) is 18.0 Å². The second kappa shape index (κ2) is 10.3. The van der Waals surface area contributed by atoms with E-state index in [0.29, 0.717) is 29.4 Å². The summed E-state index contributed by atoms with van der Waals surface area (Å²) in [6.07, 6.45) is 3.81. The fourth-order valence-electron chi connectivity index (χ4n) is 4.01. The second-order valence-electron chi connectivity index (χ2n) is 8.49. The highest BCUT2D eigenvalue weighted by Gasteiger charge is 2.26. The van der Waals surface area contributed by atoms with E-state index < -0.39 is 9.84 Å². The number of anilines is 1. The van der Waals surface area contributed by atoms with Crippen LogP contribution < -0.4 is 10.5 Å². The van der Waals surface area contributed by atoms with E-state index >= 15 is 0 Å². The predicted molar refractivity (Wildman–Crippen MR) is 137 cm³/mol. The first-order chi connectivity index (χ1) is 16.2. The van der Waals surface area contributed by atoms with Gasteiger partial charge in [-0.3, -0.25) is 9.36 Å². The standard InChI is InChI=1S/C24H28N4O4S2/c1-26(12-14-34(3,30)31)20-10-11-27(16-20)18-6-8-19(9-7-18)28-17-25-22-15-21(5-4-13-32-2)33-23(22)24(28)29/h6-9,15,17,20H,10-14,16H2,1-3H3/t20-/m1/s1. The zero-order valence-corrected chi connectivity index (χ0v) is 21.2. The number of thiophene rings is 1. The van der Waals surface area contributed by atoms with Crippen LogP contribution in [-0.4, -0.2) is 81.3 Å². The van der Waals surface area contributed by atoms with Gasteiger partial charge in [0, 0.05) is 44.7 Å². The fraction of sp³-hybridized carbons (Fsp3) is 0.417. The maximum Gasteiger partial charge on any atom is 0.275 e. The quantitative estimate of drug-likeness (QED) is 0.459. The third-order valence-electron chi connectivity index (χ3n) is 5.96. The monoisotopic (exact) mass is 500 g/mol. The van der Waals surface area contributed by atoms with Crippen molar-refractivity contribution in [2.45, 2.75) is 12.5 Å². The molecule has 0 radical (unpaired) electrons. The van der Waals surface area contributed by atoms with Crippen LogP contribution in [-0.2, 0) is 14.6 Å². The Bertz CT molecular complexity index is 1380. The van der Waals surface area contributed by atoms with Gasteiger partial charge in [0.15, 0.2) is 0 Å². The number of hydrogen-bond acceptors (Lipinski definition) is 8. The number of ether oxygens (including phenoxy) is 1. The summed E-state index contributed by atoms with van der Waals surface area (Å²) in [7, 11) is 0.608. The molecule has 1 atom stereocenters. The first kappa shape index (κ1) is 24.4. The van der Waals surface area contributed by atoms with Gasteiger partial charge in [0.05, 0.1) is 21.8 Å². The highest BCUT2D eigenvalue weighted by atomic mass is 32.2. The molecule has 34 heavy (non-hydrogen) atoms. The molecular formula is C24H28N4O4S2. The number of likely N-dealkylation sites (N-methyl/N-ethyl adjacent to an activating group) is 1. The molecule has 0 N–H and O–H groups in total. The van der Waals surface area contributed by atoms with Crippen LogP contribution in [0.25, 0.3) is 15.9 Å². The molecule has 10 heteroatoms. The second-order valence-corrected chi connectivity index (χ2v) is 11.8. The number of hydrogen-bond donors (Lipinski definition) is 0. The van der Waals surface area contributed by atoms with E-state index in [2.05, 4.69) is 26.6 Å². The summed E-state index contributed by atoms with van der Waals surface area (Å²) in [5.74, 6) is 6.08. The lowest BCUT2D eigenvalue weighted by molar-refractivity contribution is 0.240. The summed E-state index contributed by atoms with van der Waals surface area (Å²) in [5, 5.41) is 0. The zero-order chi connectivity index (χ0) is 24.3. The maximum absolute atomic E-state index is 13.1. The lowest BCUT2D eigenvalue weighted by Gasteiger charge is -2.25. The Morgan fingerprint density at radius 1 is 1.26 bits per heavy atom. The van der Waals surface area contributed by atoms with Crippen LogP contribution in [0, 0.1) is 11.8 Å². The largest absolute Gasteiger partial charge is 0.372 e. The van der Waals surface area contributed by atoms with Gasteiger partial charge in [0.2, 0.25) is 0 Å². The van der Waals surface area contributed by atoms with E-state index in [9.17, 15) is 13.2 Å². The smallest absolute Gasteiger partial charge is 0.275 e. The third-order valence-corrected chi connectivity index (χ3v) is 7.91. The molecule has 1 saturated heterocycles. The van der Waals surface area contributed by atoms with Gasteiger partial charge in [-0.05, 0) is 43.8 Å². The van der Waals surface area contributed by atoms with Crippen molar-refractivity contribution in [1.82, 2.24) is 14.5 Å². The minimum Gasteiger partial charge on any atom is -0.372 e. The highest BCUT2D eigenvalue weighted by molar-refractivity contribution is 7.90. The minimum absolute atomic E-state index is 0.115. The topological polar surface area (TPSA) is 84.7 Å². The Morgan fingerprint density at radius 3 is 2.71 bits per heavy atom. The van der Waals surface area contributed by atoms with E-state index in [4.69, 9.17) is 4.74 Å². The molecule has 2 aromatic heterocycles. The molecule has 3 heterocycles. The molecule has 0 amide bonds. The molecular weight excluding hydrogens is 472 g/mol. The van der Waals surface area contributed by atoms with E-state index in [-0.39, 0.29) is 11.3 Å². The molecule has 180 valence electrons. The summed E-state index contributed by atoms with van der Waals surface area (Å²) < 4.78 is 30.0. The van der Waals surface area contributed by atoms with Gasteiger partial charge < -0.3 is 14.5 Å². The average molecular weight is 501 g/mol. The Morgan fingerprint density at radius 2 is 2.00 bits per heavy atom. The first-order valence-corrected chi connectivity index (χ1v) is 13.9. The Balaban J connectivity index is 1.47. The molecule has 8 nitrogen and oxygen atoms in total. The van der Waals surface area contributed by atoms with Crippen LogP contribution in [0.3, 0.4) is 0 Å². The van der Waals surface area contributed by atoms with Crippen molar-refractivity contribution in [3.63, 3.8) is 0 Å². The van der Waals surface area contributed by atoms with Gasteiger partial charge in [-0.2, -0.15) is 0 Å². The van der Waals surface area contributed by atoms with Gasteiger partial charge in [0.1, 0.15) is 27.5 Å². The molecule has 1 aromatic carbocycles. The van der Waals surface area contributed by atoms with Gasteiger partial charge in [0.25, 0.3) is 5.56 Å². The van der Waals surface area contributed by atoms with Crippen molar-refractivity contribution in [2.24, 2.45) is 0 Å². The van der Waals surface area contributed by atoms with Crippen LogP contribution in [0.4, 0.5) is 5.69 Å². The van der Waals surface area contributed by atoms with E-state index in [1.165, 1.54) is 17.6 Å². The van der Waals surface area contributed by atoms with E-state index in [0.717, 1.165) is 35.8 Å². The molecule has 0 bridgehead atoms. The van der Waals surface area contributed by atoms with Crippen molar-refractivity contribution in [3.05, 3.63) is 51.9 Å². The zero-order valence-electron chi connectivity index (χ0n) is 19.5. The number of nitrogens with zero attached hydrogens (tertiary/aromatic N) is 4. The average Bonchev–Trinajstić information content (AvgIpc) is 3.46. The van der Waals surface area contributed by atoms with Crippen molar-refractivity contribution < 1.29 is 13.2 Å². The number of rotatable bonds is 7. The highest BCUT2D eigenvalue weighted by Crippen LogP contribution is 2.25. The summed E-state index contributed by atoms with van der Waals surface area (Å²) in [5.41, 5.74) is 2.37. The van der Waals surface area contributed by atoms with Gasteiger partial charge >= 0.3 is 0 Å². The van der Waals surface area contributed by atoms with Crippen LogP contribution in [0.2, 0.25) is 0 Å². The number of aromatic nitrogens is 2. The molecule has 0 saturated carbocycles.